The first-order valence-electron chi connectivity index (χ1n) is 7.01. The Labute approximate surface area is 114 Å². The highest BCUT2D eigenvalue weighted by Crippen LogP contribution is 2.31. The lowest BCUT2D eigenvalue weighted by atomic mass is 9.80. The average Bonchev–Trinajstić information content (AvgIpc) is 2.39. The predicted molar refractivity (Wildman–Crippen MR) is 75.8 cm³/mol. The highest BCUT2D eigenvalue weighted by atomic mass is 16.5. The SMILES string of the molecule is OC1(C/C=C/c2ccccc2)CC2COCC(C1)N2. The summed E-state index contributed by atoms with van der Waals surface area (Å²) in [4.78, 5) is 0. The first kappa shape index (κ1) is 12.9. The molecule has 2 bridgehead atoms. The van der Waals surface area contributed by atoms with Gasteiger partial charge in [-0.1, -0.05) is 42.5 Å². The third kappa shape index (κ3) is 3.24. The van der Waals surface area contributed by atoms with Crippen molar-refractivity contribution < 1.29 is 9.84 Å². The lowest BCUT2D eigenvalue weighted by Gasteiger charge is -2.44. The number of piperidine rings is 1. The van der Waals surface area contributed by atoms with Crippen molar-refractivity contribution in [3.63, 3.8) is 0 Å². The molecule has 0 aromatic heterocycles. The topological polar surface area (TPSA) is 41.5 Å². The van der Waals surface area contributed by atoms with E-state index in [2.05, 4.69) is 29.6 Å². The Hall–Kier alpha value is -1.16. The van der Waals surface area contributed by atoms with E-state index in [4.69, 9.17) is 4.74 Å². The van der Waals surface area contributed by atoms with Gasteiger partial charge in [0.1, 0.15) is 0 Å². The zero-order chi connectivity index (χ0) is 13.1. The molecule has 0 amide bonds. The summed E-state index contributed by atoms with van der Waals surface area (Å²) in [5, 5.41) is 14.2. The van der Waals surface area contributed by atoms with Crippen LogP contribution in [-0.4, -0.2) is 36.0 Å². The van der Waals surface area contributed by atoms with Crippen LogP contribution in [0.15, 0.2) is 36.4 Å². The molecule has 2 aliphatic heterocycles. The molecule has 0 aliphatic carbocycles. The van der Waals surface area contributed by atoms with Crippen LogP contribution in [0.3, 0.4) is 0 Å². The van der Waals surface area contributed by atoms with E-state index in [1.54, 1.807) is 0 Å². The molecule has 3 nitrogen and oxygen atoms in total. The van der Waals surface area contributed by atoms with Crippen LogP contribution < -0.4 is 5.32 Å². The molecule has 3 heteroatoms. The smallest absolute Gasteiger partial charge is 0.0713 e. The molecule has 2 unspecified atom stereocenters. The van der Waals surface area contributed by atoms with Gasteiger partial charge in [0.15, 0.2) is 0 Å². The second-order valence-electron chi connectivity index (χ2n) is 5.75. The zero-order valence-corrected chi connectivity index (χ0v) is 11.1. The lowest BCUT2D eigenvalue weighted by Crippen LogP contribution is -2.59. The highest BCUT2D eigenvalue weighted by molar-refractivity contribution is 5.48. The van der Waals surface area contributed by atoms with Gasteiger partial charge in [0, 0.05) is 12.1 Å². The highest BCUT2D eigenvalue weighted by Gasteiger charge is 2.40. The fourth-order valence-electron chi connectivity index (χ4n) is 3.16. The maximum absolute atomic E-state index is 10.7. The van der Waals surface area contributed by atoms with Crippen LogP contribution in [0, 0.1) is 0 Å². The molecule has 2 aliphatic rings. The maximum Gasteiger partial charge on any atom is 0.0713 e. The molecule has 0 saturated carbocycles. The number of nitrogens with one attached hydrogen (secondary N) is 1. The third-order valence-electron chi connectivity index (χ3n) is 3.97. The van der Waals surface area contributed by atoms with Crippen molar-refractivity contribution in [2.24, 2.45) is 0 Å². The van der Waals surface area contributed by atoms with Gasteiger partial charge in [-0.25, -0.2) is 0 Å². The normalized spacial score (nSPS) is 34.6. The van der Waals surface area contributed by atoms with Gasteiger partial charge in [-0.2, -0.15) is 0 Å². The Balaban J connectivity index is 1.61. The van der Waals surface area contributed by atoms with Crippen molar-refractivity contribution >= 4 is 6.08 Å². The van der Waals surface area contributed by atoms with E-state index in [1.807, 2.05) is 18.2 Å². The third-order valence-corrected chi connectivity index (χ3v) is 3.97. The largest absolute Gasteiger partial charge is 0.389 e. The van der Waals surface area contributed by atoms with Crippen molar-refractivity contribution in [2.75, 3.05) is 13.2 Å². The molecule has 2 saturated heterocycles. The number of fused-ring (bicyclic) bond motifs is 2. The molecule has 2 fully saturated rings. The summed E-state index contributed by atoms with van der Waals surface area (Å²) < 4.78 is 5.51. The molecule has 19 heavy (non-hydrogen) atoms. The zero-order valence-electron chi connectivity index (χ0n) is 11.1. The van der Waals surface area contributed by atoms with Gasteiger partial charge in [0.05, 0.1) is 18.8 Å². The number of rotatable bonds is 3. The van der Waals surface area contributed by atoms with Crippen molar-refractivity contribution in [3.8, 4) is 0 Å². The van der Waals surface area contributed by atoms with Gasteiger partial charge in [-0.05, 0) is 24.8 Å². The van der Waals surface area contributed by atoms with Gasteiger partial charge in [0.2, 0.25) is 0 Å². The van der Waals surface area contributed by atoms with E-state index in [0.29, 0.717) is 12.1 Å². The Bertz CT molecular complexity index is 431. The van der Waals surface area contributed by atoms with Crippen LogP contribution >= 0.6 is 0 Å². The lowest BCUT2D eigenvalue weighted by molar-refractivity contribution is -0.0741. The minimum Gasteiger partial charge on any atom is -0.389 e. The standard InChI is InChI=1S/C16H21NO2/c18-16(8-4-7-13-5-2-1-3-6-13)9-14-11-19-12-15(10-16)17-14/h1-7,14-15,17-18H,8-12H2/b7-4+. The van der Waals surface area contributed by atoms with E-state index in [-0.39, 0.29) is 0 Å². The van der Waals surface area contributed by atoms with Crippen LogP contribution in [0.2, 0.25) is 0 Å². The van der Waals surface area contributed by atoms with E-state index in [1.165, 1.54) is 5.56 Å². The number of aliphatic hydroxyl groups is 1. The quantitative estimate of drug-likeness (QED) is 0.872. The van der Waals surface area contributed by atoms with E-state index in [0.717, 1.165) is 32.5 Å². The van der Waals surface area contributed by atoms with E-state index >= 15 is 0 Å². The van der Waals surface area contributed by atoms with Crippen LogP contribution in [0.5, 0.6) is 0 Å². The van der Waals surface area contributed by atoms with Gasteiger partial charge in [-0.3, -0.25) is 0 Å². The molecule has 2 heterocycles. The van der Waals surface area contributed by atoms with Crippen molar-refractivity contribution in [1.82, 2.24) is 5.32 Å². The summed E-state index contributed by atoms with van der Waals surface area (Å²) in [6.07, 6.45) is 6.46. The van der Waals surface area contributed by atoms with Crippen LogP contribution in [-0.2, 0) is 4.74 Å². The summed E-state index contributed by atoms with van der Waals surface area (Å²) in [5.41, 5.74) is 0.610. The molecule has 2 atom stereocenters. The summed E-state index contributed by atoms with van der Waals surface area (Å²) in [6, 6.07) is 10.8. The Morgan fingerprint density at radius 1 is 1.21 bits per heavy atom. The summed E-state index contributed by atoms with van der Waals surface area (Å²) in [6.45, 7) is 1.45. The minimum absolute atomic E-state index is 0.308. The van der Waals surface area contributed by atoms with Crippen LogP contribution in [0.1, 0.15) is 24.8 Å². The molecule has 2 N–H and O–H groups in total. The monoisotopic (exact) mass is 259 g/mol. The second-order valence-corrected chi connectivity index (χ2v) is 5.75. The van der Waals surface area contributed by atoms with Crippen molar-refractivity contribution in [1.29, 1.82) is 0 Å². The fourth-order valence-corrected chi connectivity index (χ4v) is 3.16. The van der Waals surface area contributed by atoms with E-state index in [9.17, 15) is 5.11 Å². The molecular weight excluding hydrogens is 238 g/mol. The summed E-state index contributed by atoms with van der Waals surface area (Å²) >= 11 is 0. The number of hydrogen-bond acceptors (Lipinski definition) is 3. The fraction of sp³-hybridized carbons (Fsp3) is 0.500. The Kier molecular flexibility index (Phi) is 3.69. The van der Waals surface area contributed by atoms with Crippen LogP contribution in [0.4, 0.5) is 0 Å². The number of hydrogen-bond donors (Lipinski definition) is 2. The summed E-state index contributed by atoms with van der Waals surface area (Å²) in [7, 11) is 0. The average molecular weight is 259 g/mol. The number of benzene rings is 1. The first-order valence-corrected chi connectivity index (χ1v) is 7.01. The second kappa shape index (κ2) is 5.45. The Morgan fingerprint density at radius 2 is 1.89 bits per heavy atom. The molecule has 1 aromatic carbocycles. The van der Waals surface area contributed by atoms with Gasteiger partial charge >= 0.3 is 0 Å². The van der Waals surface area contributed by atoms with Crippen molar-refractivity contribution in [2.45, 2.75) is 36.9 Å². The molecular formula is C16H21NO2. The molecule has 102 valence electrons. The number of ether oxygens (including phenoxy) is 1. The molecule has 3 rings (SSSR count). The van der Waals surface area contributed by atoms with Crippen molar-refractivity contribution in [3.05, 3.63) is 42.0 Å². The van der Waals surface area contributed by atoms with E-state index < -0.39 is 5.60 Å². The minimum atomic E-state index is -0.574. The molecule has 1 aromatic rings. The predicted octanol–water partition coefficient (Wildman–Crippen LogP) is 1.97. The maximum atomic E-state index is 10.7. The van der Waals surface area contributed by atoms with Gasteiger partial charge in [-0.15, -0.1) is 0 Å². The van der Waals surface area contributed by atoms with Gasteiger partial charge in [0.25, 0.3) is 0 Å². The molecule has 0 radical (unpaired) electrons. The summed E-state index contributed by atoms with van der Waals surface area (Å²) in [5.74, 6) is 0. The first-order chi connectivity index (χ1) is 9.23. The number of morpholine rings is 1. The van der Waals surface area contributed by atoms with Crippen LogP contribution in [0.25, 0.3) is 6.08 Å². The Morgan fingerprint density at radius 3 is 2.58 bits per heavy atom. The van der Waals surface area contributed by atoms with Gasteiger partial charge < -0.3 is 15.2 Å². The molecule has 0 spiro atoms.